The maximum atomic E-state index is 11.9. The maximum Gasteiger partial charge on any atom is 0.227 e. The van der Waals surface area contributed by atoms with E-state index in [4.69, 9.17) is 10.9 Å². The van der Waals surface area contributed by atoms with E-state index < -0.39 is 15.4 Å². The van der Waals surface area contributed by atoms with Crippen LogP contribution in [0, 0.1) is 5.41 Å². The molecule has 7 heteroatoms. The second-order valence-electron chi connectivity index (χ2n) is 4.89. The number of primary sulfonamides is 1. The van der Waals surface area contributed by atoms with Gasteiger partial charge in [0.15, 0.2) is 0 Å². The highest BCUT2D eigenvalue weighted by atomic mass is 32.2. The van der Waals surface area contributed by atoms with Crippen LogP contribution in [0.3, 0.4) is 0 Å². The van der Waals surface area contributed by atoms with E-state index in [0.717, 1.165) is 19.3 Å². The molecule has 2 atom stereocenters. The Morgan fingerprint density at radius 2 is 2.18 bits per heavy atom. The van der Waals surface area contributed by atoms with E-state index in [9.17, 15) is 13.2 Å². The highest BCUT2D eigenvalue weighted by molar-refractivity contribution is 7.89. The Kier molecular flexibility index (Phi) is 4.51. The van der Waals surface area contributed by atoms with Gasteiger partial charge >= 0.3 is 0 Å². The Bertz CT molecular complexity index is 382. The molecular weight excluding hydrogens is 242 g/mol. The van der Waals surface area contributed by atoms with Crippen molar-refractivity contribution in [2.75, 3.05) is 12.3 Å². The van der Waals surface area contributed by atoms with E-state index in [0.29, 0.717) is 13.0 Å². The molecule has 1 aliphatic rings. The summed E-state index contributed by atoms with van der Waals surface area (Å²) in [4.78, 5) is 11.9. The molecule has 0 aromatic heterocycles. The number of hydrogen-bond acceptors (Lipinski definition) is 4. The summed E-state index contributed by atoms with van der Waals surface area (Å²) in [6.07, 6.45) is 2.94. The van der Waals surface area contributed by atoms with E-state index in [2.05, 4.69) is 5.32 Å². The van der Waals surface area contributed by atoms with Crippen LogP contribution in [0.1, 0.15) is 32.6 Å². The van der Waals surface area contributed by atoms with Gasteiger partial charge in [0, 0.05) is 12.6 Å². The summed E-state index contributed by atoms with van der Waals surface area (Å²) in [7, 11) is -3.44. The van der Waals surface area contributed by atoms with Crippen molar-refractivity contribution in [2.24, 2.45) is 16.3 Å². The fourth-order valence-electron chi connectivity index (χ4n) is 2.15. The van der Waals surface area contributed by atoms with Crippen LogP contribution < -0.4 is 16.2 Å². The number of carbonyl (C=O) groups excluding carboxylic acids is 1. The van der Waals surface area contributed by atoms with Crippen LogP contribution in [0.15, 0.2) is 0 Å². The molecular formula is C10H21N3O3S. The molecule has 1 fully saturated rings. The first-order chi connectivity index (χ1) is 7.76. The Morgan fingerprint density at radius 1 is 1.53 bits per heavy atom. The lowest BCUT2D eigenvalue weighted by molar-refractivity contribution is -0.130. The van der Waals surface area contributed by atoms with Crippen molar-refractivity contribution >= 4 is 15.9 Å². The first kappa shape index (κ1) is 14.4. The minimum Gasteiger partial charge on any atom is -0.356 e. The molecule has 0 bridgehead atoms. The van der Waals surface area contributed by atoms with Crippen LogP contribution in [0.4, 0.5) is 0 Å². The second kappa shape index (κ2) is 5.32. The predicted octanol–water partition coefficient (Wildman–Crippen LogP) is -0.701. The van der Waals surface area contributed by atoms with Gasteiger partial charge in [-0.2, -0.15) is 0 Å². The third-order valence-corrected chi connectivity index (χ3v) is 4.30. The van der Waals surface area contributed by atoms with Crippen molar-refractivity contribution in [1.29, 1.82) is 0 Å². The number of carbonyl (C=O) groups is 1. The first-order valence-electron chi connectivity index (χ1n) is 5.80. The Morgan fingerprint density at radius 3 is 2.65 bits per heavy atom. The molecule has 1 amide bonds. The van der Waals surface area contributed by atoms with E-state index >= 15 is 0 Å². The minimum atomic E-state index is -3.44. The monoisotopic (exact) mass is 263 g/mol. The normalized spacial score (nSPS) is 29.2. The highest BCUT2D eigenvalue weighted by Gasteiger charge is 2.42. The summed E-state index contributed by atoms with van der Waals surface area (Å²) >= 11 is 0. The molecule has 6 nitrogen and oxygen atoms in total. The number of nitrogens with one attached hydrogen (secondary N) is 1. The first-order valence-corrected chi connectivity index (χ1v) is 7.51. The van der Waals surface area contributed by atoms with Crippen molar-refractivity contribution in [2.45, 2.75) is 38.6 Å². The number of hydrogen-bond donors (Lipinski definition) is 3. The molecule has 2 unspecified atom stereocenters. The molecule has 0 radical (unpaired) electrons. The summed E-state index contributed by atoms with van der Waals surface area (Å²) in [6.45, 7) is 2.18. The molecule has 0 aromatic rings. The third kappa shape index (κ3) is 3.93. The average Bonchev–Trinajstić information content (AvgIpc) is 2.54. The molecule has 5 N–H and O–H groups in total. The van der Waals surface area contributed by atoms with Gasteiger partial charge in [0.1, 0.15) is 0 Å². The fraction of sp³-hybridized carbons (Fsp3) is 0.900. The summed E-state index contributed by atoms with van der Waals surface area (Å²) in [6, 6.07) is -0.110. The smallest absolute Gasteiger partial charge is 0.227 e. The van der Waals surface area contributed by atoms with Gasteiger partial charge in [0.2, 0.25) is 15.9 Å². The zero-order valence-corrected chi connectivity index (χ0v) is 10.9. The van der Waals surface area contributed by atoms with E-state index in [1.807, 2.05) is 6.92 Å². The van der Waals surface area contributed by atoms with Gasteiger partial charge in [0.25, 0.3) is 0 Å². The largest absolute Gasteiger partial charge is 0.356 e. The maximum absolute atomic E-state index is 11.9. The minimum absolute atomic E-state index is 0.0862. The predicted molar refractivity (Wildman–Crippen MR) is 65.5 cm³/mol. The fourth-order valence-corrected chi connectivity index (χ4v) is 2.70. The van der Waals surface area contributed by atoms with Crippen LogP contribution in [-0.4, -0.2) is 32.7 Å². The Balaban J connectivity index is 2.35. The molecule has 0 spiro atoms. The van der Waals surface area contributed by atoms with Crippen LogP contribution >= 0.6 is 0 Å². The zero-order chi connectivity index (χ0) is 13.1. The summed E-state index contributed by atoms with van der Waals surface area (Å²) in [5.74, 6) is -0.201. The summed E-state index contributed by atoms with van der Waals surface area (Å²) in [5.41, 5.74) is 5.40. The van der Waals surface area contributed by atoms with Gasteiger partial charge in [-0.3, -0.25) is 4.79 Å². The highest BCUT2D eigenvalue weighted by Crippen LogP contribution is 2.36. The van der Waals surface area contributed by atoms with Crippen molar-refractivity contribution in [3.05, 3.63) is 0 Å². The average molecular weight is 263 g/mol. The van der Waals surface area contributed by atoms with Crippen molar-refractivity contribution in [3.63, 3.8) is 0 Å². The van der Waals surface area contributed by atoms with E-state index in [-0.39, 0.29) is 17.7 Å². The molecule has 1 aliphatic carbocycles. The van der Waals surface area contributed by atoms with Gasteiger partial charge in [-0.15, -0.1) is 0 Å². The van der Waals surface area contributed by atoms with E-state index in [1.54, 1.807) is 0 Å². The molecule has 100 valence electrons. The molecule has 1 rings (SSSR count). The zero-order valence-electron chi connectivity index (χ0n) is 10.1. The number of nitrogens with two attached hydrogens (primary N) is 2. The molecule has 0 aliphatic heterocycles. The second-order valence-corrected chi connectivity index (χ2v) is 6.63. The molecule has 1 saturated carbocycles. The molecule has 0 aromatic carbocycles. The van der Waals surface area contributed by atoms with Crippen molar-refractivity contribution in [1.82, 2.24) is 5.32 Å². The van der Waals surface area contributed by atoms with Crippen LogP contribution in [0.5, 0.6) is 0 Å². The Labute approximate surface area is 102 Å². The van der Waals surface area contributed by atoms with Crippen LogP contribution in [0.2, 0.25) is 0 Å². The van der Waals surface area contributed by atoms with Gasteiger partial charge < -0.3 is 11.1 Å². The SMILES string of the molecule is CC1(C(=O)NCCCS(N)(=O)=O)CCCC1N. The van der Waals surface area contributed by atoms with Crippen molar-refractivity contribution in [3.8, 4) is 0 Å². The topological polar surface area (TPSA) is 115 Å². The molecule has 17 heavy (non-hydrogen) atoms. The molecule has 0 saturated heterocycles. The Hall–Kier alpha value is -0.660. The van der Waals surface area contributed by atoms with Gasteiger partial charge in [-0.25, -0.2) is 13.6 Å². The number of sulfonamides is 1. The lowest BCUT2D eigenvalue weighted by Crippen LogP contribution is -2.47. The third-order valence-electron chi connectivity index (χ3n) is 3.44. The lowest BCUT2D eigenvalue weighted by Gasteiger charge is -2.27. The summed E-state index contributed by atoms with van der Waals surface area (Å²) < 4.78 is 21.4. The van der Waals surface area contributed by atoms with Crippen LogP contribution in [0.25, 0.3) is 0 Å². The van der Waals surface area contributed by atoms with Gasteiger partial charge in [-0.1, -0.05) is 6.42 Å². The van der Waals surface area contributed by atoms with E-state index in [1.165, 1.54) is 0 Å². The quantitative estimate of drug-likeness (QED) is 0.569. The van der Waals surface area contributed by atoms with Gasteiger partial charge in [0.05, 0.1) is 11.2 Å². The number of amides is 1. The van der Waals surface area contributed by atoms with Crippen molar-refractivity contribution < 1.29 is 13.2 Å². The number of rotatable bonds is 5. The summed E-state index contributed by atoms with van der Waals surface area (Å²) in [5, 5.41) is 7.59. The standard InChI is InChI=1S/C10H21N3O3S/c1-10(5-2-4-8(10)11)9(14)13-6-3-7-17(12,15)16/h8H,2-7,11H2,1H3,(H,13,14)(H2,12,15,16). The molecule has 0 heterocycles. The van der Waals surface area contributed by atoms with Gasteiger partial charge in [-0.05, 0) is 26.2 Å². The lowest BCUT2D eigenvalue weighted by atomic mass is 9.84. The van der Waals surface area contributed by atoms with Crippen LogP contribution in [-0.2, 0) is 14.8 Å².